The van der Waals surface area contributed by atoms with E-state index in [1.165, 1.54) is 12.8 Å². The first kappa shape index (κ1) is 16.7. The van der Waals surface area contributed by atoms with Crippen molar-refractivity contribution in [3.8, 4) is 11.6 Å². The Labute approximate surface area is 152 Å². The lowest BCUT2D eigenvalue weighted by Crippen LogP contribution is -2.47. The number of carbonyl (C=O) groups is 1. The second-order valence-corrected chi connectivity index (χ2v) is 6.90. The molecule has 1 atom stereocenters. The van der Waals surface area contributed by atoms with Gasteiger partial charge in [0, 0.05) is 18.8 Å². The predicted molar refractivity (Wildman–Crippen MR) is 97.3 cm³/mol. The quantitative estimate of drug-likeness (QED) is 0.837. The normalized spacial score (nSPS) is 18.4. The van der Waals surface area contributed by atoms with Gasteiger partial charge in [-0.15, -0.1) is 0 Å². The Morgan fingerprint density at radius 2 is 2.15 bits per heavy atom. The molecule has 0 radical (unpaired) electrons. The van der Waals surface area contributed by atoms with E-state index < -0.39 is 0 Å². The molecule has 0 spiro atoms. The predicted octanol–water partition coefficient (Wildman–Crippen LogP) is 2.67. The van der Waals surface area contributed by atoms with Gasteiger partial charge in [-0.05, 0) is 48.4 Å². The lowest BCUT2D eigenvalue weighted by molar-refractivity contribution is 0.214. The summed E-state index contributed by atoms with van der Waals surface area (Å²) < 4.78 is 11.4. The third kappa shape index (κ3) is 4.45. The van der Waals surface area contributed by atoms with Crippen molar-refractivity contribution < 1.29 is 14.3 Å². The van der Waals surface area contributed by atoms with Gasteiger partial charge in [-0.3, -0.25) is 0 Å². The van der Waals surface area contributed by atoms with E-state index in [0.717, 1.165) is 29.9 Å². The third-order valence-corrected chi connectivity index (χ3v) is 4.63. The summed E-state index contributed by atoms with van der Waals surface area (Å²) in [7, 11) is 0. The molecule has 2 aromatic rings. The number of pyridine rings is 1. The molecule has 26 heavy (non-hydrogen) atoms. The Kier molecular flexibility index (Phi) is 4.91. The van der Waals surface area contributed by atoms with Gasteiger partial charge in [0.1, 0.15) is 12.4 Å². The summed E-state index contributed by atoms with van der Waals surface area (Å²) in [6, 6.07) is 11.5. The summed E-state index contributed by atoms with van der Waals surface area (Å²) in [5, 5.41) is 5.86. The fourth-order valence-electron chi connectivity index (χ4n) is 2.97. The van der Waals surface area contributed by atoms with Crippen LogP contribution in [-0.2, 0) is 13.0 Å². The molecule has 2 aliphatic rings. The van der Waals surface area contributed by atoms with Crippen LogP contribution in [0.15, 0.2) is 42.6 Å². The minimum Gasteiger partial charge on any atom is -0.491 e. The number of urea groups is 1. The summed E-state index contributed by atoms with van der Waals surface area (Å²) in [5.41, 5.74) is 2.09. The maximum atomic E-state index is 12.2. The van der Waals surface area contributed by atoms with E-state index in [9.17, 15) is 4.79 Å². The molecule has 2 amide bonds. The van der Waals surface area contributed by atoms with E-state index in [2.05, 4.69) is 15.6 Å². The van der Waals surface area contributed by atoms with Crippen LogP contribution in [0.1, 0.15) is 24.0 Å². The molecule has 0 bridgehead atoms. The molecule has 2 heterocycles. The van der Waals surface area contributed by atoms with Crippen LogP contribution in [0.4, 0.5) is 4.79 Å². The summed E-state index contributed by atoms with van der Waals surface area (Å²) in [4.78, 5) is 16.4. The van der Waals surface area contributed by atoms with E-state index in [1.54, 1.807) is 6.20 Å². The molecule has 1 aliphatic carbocycles. The van der Waals surface area contributed by atoms with Gasteiger partial charge in [0.05, 0.1) is 12.6 Å². The zero-order valence-corrected chi connectivity index (χ0v) is 14.6. The zero-order valence-electron chi connectivity index (χ0n) is 14.6. The molecule has 1 fully saturated rings. The van der Waals surface area contributed by atoms with Crippen molar-refractivity contribution in [1.29, 1.82) is 0 Å². The van der Waals surface area contributed by atoms with Crippen LogP contribution < -0.4 is 20.1 Å². The lowest BCUT2D eigenvalue weighted by Gasteiger charge is -2.26. The Morgan fingerprint density at radius 3 is 3.04 bits per heavy atom. The van der Waals surface area contributed by atoms with Gasteiger partial charge in [-0.1, -0.05) is 18.2 Å². The van der Waals surface area contributed by atoms with E-state index in [0.29, 0.717) is 24.9 Å². The minimum atomic E-state index is -0.199. The number of carbonyl (C=O) groups excluding carboxylic acids is 1. The summed E-state index contributed by atoms with van der Waals surface area (Å²) in [6.07, 6.45) is 4.98. The smallest absolute Gasteiger partial charge is 0.315 e. The number of ether oxygens (including phenoxy) is 2. The third-order valence-electron chi connectivity index (χ3n) is 4.63. The number of nitrogens with zero attached hydrogens (tertiary/aromatic N) is 1. The van der Waals surface area contributed by atoms with E-state index >= 15 is 0 Å². The number of para-hydroxylation sites is 1. The number of hydrogen-bond acceptors (Lipinski definition) is 4. The van der Waals surface area contributed by atoms with Crippen LogP contribution >= 0.6 is 0 Å². The molecule has 136 valence electrons. The van der Waals surface area contributed by atoms with Gasteiger partial charge in [0.25, 0.3) is 0 Å². The molecule has 1 saturated carbocycles. The Morgan fingerprint density at radius 1 is 1.27 bits per heavy atom. The zero-order chi connectivity index (χ0) is 17.8. The Hall–Kier alpha value is -2.76. The van der Waals surface area contributed by atoms with Gasteiger partial charge in [0.15, 0.2) is 0 Å². The molecule has 1 aromatic heterocycles. The van der Waals surface area contributed by atoms with Gasteiger partial charge in [0.2, 0.25) is 5.88 Å². The number of aromatic nitrogens is 1. The highest BCUT2D eigenvalue weighted by Crippen LogP contribution is 2.29. The van der Waals surface area contributed by atoms with Crippen molar-refractivity contribution in [3.63, 3.8) is 0 Å². The number of rotatable bonds is 6. The monoisotopic (exact) mass is 353 g/mol. The van der Waals surface area contributed by atoms with Crippen LogP contribution in [-0.4, -0.2) is 30.3 Å². The maximum Gasteiger partial charge on any atom is 0.315 e. The average Bonchev–Trinajstić information content (AvgIpc) is 3.50. The molecule has 1 unspecified atom stereocenters. The SMILES string of the molecule is O=C(NCc1ccnc(OCC2CC2)c1)NC1COc2ccccc2C1. The van der Waals surface area contributed by atoms with E-state index in [1.807, 2.05) is 36.4 Å². The van der Waals surface area contributed by atoms with Crippen molar-refractivity contribution in [3.05, 3.63) is 53.7 Å². The van der Waals surface area contributed by atoms with Crippen LogP contribution in [0.5, 0.6) is 11.6 Å². The molecule has 0 saturated heterocycles. The molecule has 6 nitrogen and oxygen atoms in total. The molecular formula is C20H23N3O3. The van der Waals surface area contributed by atoms with Crippen molar-refractivity contribution in [2.24, 2.45) is 5.92 Å². The van der Waals surface area contributed by atoms with E-state index in [4.69, 9.17) is 9.47 Å². The van der Waals surface area contributed by atoms with Crippen LogP contribution in [0, 0.1) is 5.92 Å². The molecule has 4 rings (SSSR count). The number of benzene rings is 1. The number of fused-ring (bicyclic) bond motifs is 1. The molecule has 2 N–H and O–H groups in total. The van der Waals surface area contributed by atoms with Gasteiger partial charge in [-0.25, -0.2) is 9.78 Å². The topological polar surface area (TPSA) is 72.5 Å². The standard InChI is InChI=1S/C20H23N3O3/c24-20(23-17-10-16-3-1-2-4-18(16)25-13-17)22-11-15-7-8-21-19(9-15)26-12-14-5-6-14/h1-4,7-9,14,17H,5-6,10-13H2,(H2,22,23,24). The Balaban J connectivity index is 1.24. The minimum absolute atomic E-state index is 0.0280. The van der Waals surface area contributed by atoms with Crippen LogP contribution in [0.3, 0.4) is 0 Å². The second kappa shape index (κ2) is 7.64. The van der Waals surface area contributed by atoms with Gasteiger partial charge in [-0.2, -0.15) is 0 Å². The highest BCUT2D eigenvalue weighted by atomic mass is 16.5. The number of hydrogen-bond donors (Lipinski definition) is 2. The fourth-order valence-corrected chi connectivity index (χ4v) is 2.97. The largest absolute Gasteiger partial charge is 0.491 e. The van der Waals surface area contributed by atoms with Crippen molar-refractivity contribution in [2.75, 3.05) is 13.2 Å². The molecule has 6 heteroatoms. The molecular weight excluding hydrogens is 330 g/mol. The van der Waals surface area contributed by atoms with Crippen molar-refractivity contribution >= 4 is 6.03 Å². The van der Waals surface area contributed by atoms with Crippen LogP contribution in [0.2, 0.25) is 0 Å². The van der Waals surface area contributed by atoms with Crippen molar-refractivity contribution in [1.82, 2.24) is 15.6 Å². The Bertz CT molecular complexity index is 776. The highest BCUT2D eigenvalue weighted by molar-refractivity contribution is 5.74. The first-order chi connectivity index (χ1) is 12.8. The second-order valence-electron chi connectivity index (χ2n) is 6.90. The number of amides is 2. The summed E-state index contributed by atoms with van der Waals surface area (Å²) in [5.74, 6) is 2.21. The van der Waals surface area contributed by atoms with Gasteiger partial charge >= 0.3 is 6.03 Å². The van der Waals surface area contributed by atoms with Crippen molar-refractivity contribution in [2.45, 2.75) is 31.8 Å². The lowest BCUT2D eigenvalue weighted by atomic mass is 10.0. The number of nitrogens with one attached hydrogen (secondary N) is 2. The fraction of sp³-hybridized carbons (Fsp3) is 0.400. The summed E-state index contributed by atoms with van der Waals surface area (Å²) >= 11 is 0. The average molecular weight is 353 g/mol. The van der Waals surface area contributed by atoms with Gasteiger partial charge < -0.3 is 20.1 Å². The van der Waals surface area contributed by atoms with Crippen LogP contribution in [0.25, 0.3) is 0 Å². The first-order valence-corrected chi connectivity index (χ1v) is 9.09. The maximum absolute atomic E-state index is 12.2. The highest BCUT2D eigenvalue weighted by Gasteiger charge is 2.22. The summed E-state index contributed by atoms with van der Waals surface area (Å²) in [6.45, 7) is 1.64. The molecule has 1 aliphatic heterocycles. The molecule has 1 aromatic carbocycles. The van der Waals surface area contributed by atoms with E-state index in [-0.39, 0.29) is 12.1 Å². The first-order valence-electron chi connectivity index (χ1n) is 9.09.